The second kappa shape index (κ2) is 13.3. The van der Waals surface area contributed by atoms with Crippen molar-refractivity contribution in [2.75, 3.05) is 39.6 Å². The summed E-state index contributed by atoms with van der Waals surface area (Å²) < 4.78 is 16.9. The maximum absolute atomic E-state index is 11.1. The molecule has 0 bridgehead atoms. The highest BCUT2D eigenvalue weighted by molar-refractivity contribution is 5.78. The lowest BCUT2D eigenvalue weighted by atomic mass is 10.0. The van der Waals surface area contributed by atoms with Gasteiger partial charge in [0.1, 0.15) is 6.61 Å². The molecule has 0 saturated carbocycles. The molecule has 2 aromatic carbocycles. The summed E-state index contributed by atoms with van der Waals surface area (Å²) in [5.41, 5.74) is 5.48. The lowest BCUT2D eigenvalue weighted by Gasteiger charge is -2.11. The minimum absolute atomic E-state index is 0.0241. The standard InChI is InChI=1S/C28H30N4O4/c1-2-27(33)29-14-15-34-16-17-35-18-19-36-28-23(6-5-13-30-28)21-9-11-22(12-10-21)26-20-31-24-7-3-4-8-25(24)32-26/h3-13,20H,2,14-19H2,1H3,(H,29,33). The summed E-state index contributed by atoms with van der Waals surface area (Å²) in [6.45, 7) is 4.51. The van der Waals surface area contributed by atoms with Gasteiger partial charge in [-0.25, -0.2) is 9.97 Å². The first-order chi connectivity index (χ1) is 17.7. The molecule has 186 valence electrons. The van der Waals surface area contributed by atoms with Crippen molar-refractivity contribution >= 4 is 16.9 Å². The Bertz CT molecular complexity index is 1260. The fraction of sp³-hybridized carbons (Fsp3) is 0.286. The number of carbonyl (C=O) groups excluding carboxylic acids is 1. The molecule has 0 aliphatic carbocycles. The zero-order valence-electron chi connectivity index (χ0n) is 20.4. The van der Waals surface area contributed by atoms with Gasteiger partial charge in [0.05, 0.1) is 49.4 Å². The first-order valence-electron chi connectivity index (χ1n) is 12.1. The van der Waals surface area contributed by atoms with Gasteiger partial charge >= 0.3 is 0 Å². The van der Waals surface area contributed by atoms with Crippen LogP contribution in [-0.2, 0) is 14.3 Å². The number of benzene rings is 2. The van der Waals surface area contributed by atoms with E-state index in [1.807, 2.05) is 67.6 Å². The number of para-hydroxylation sites is 2. The lowest BCUT2D eigenvalue weighted by Crippen LogP contribution is -2.26. The van der Waals surface area contributed by atoms with E-state index in [1.54, 1.807) is 12.4 Å². The van der Waals surface area contributed by atoms with E-state index in [0.29, 0.717) is 51.9 Å². The molecule has 0 unspecified atom stereocenters. The quantitative estimate of drug-likeness (QED) is 0.282. The highest BCUT2D eigenvalue weighted by Gasteiger charge is 2.09. The summed E-state index contributed by atoms with van der Waals surface area (Å²) >= 11 is 0. The van der Waals surface area contributed by atoms with E-state index in [1.165, 1.54) is 0 Å². The molecular weight excluding hydrogens is 456 g/mol. The van der Waals surface area contributed by atoms with Crippen molar-refractivity contribution < 1.29 is 19.0 Å². The van der Waals surface area contributed by atoms with Gasteiger partial charge in [-0.3, -0.25) is 9.78 Å². The highest BCUT2D eigenvalue weighted by atomic mass is 16.5. The summed E-state index contributed by atoms with van der Waals surface area (Å²) in [6.07, 6.45) is 3.99. The van der Waals surface area contributed by atoms with Crippen LogP contribution in [0.15, 0.2) is 73.1 Å². The molecule has 0 spiro atoms. The van der Waals surface area contributed by atoms with Crippen molar-refractivity contribution in [3.63, 3.8) is 0 Å². The number of rotatable bonds is 13. The molecule has 0 radical (unpaired) electrons. The molecule has 1 N–H and O–H groups in total. The first-order valence-corrected chi connectivity index (χ1v) is 12.1. The Morgan fingerprint density at radius 2 is 1.53 bits per heavy atom. The molecule has 8 heteroatoms. The smallest absolute Gasteiger partial charge is 0.221 e. The van der Waals surface area contributed by atoms with Crippen molar-refractivity contribution in [1.29, 1.82) is 0 Å². The number of pyridine rings is 1. The second-order valence-corrected chi connectivity index (χ2v) is 7.95. The third kappa shape index (κ3) is 7.07. The zero-order valence-corrected chi connectivity index (χ0v) is 20.4. The van der Waals surface area contributed by atoms with E-state index in [0.717, 1.165) is 33.4 Å². The number of carbonyl (C=O) groups is 1. The van der Waals surface area contributed by atoms with Gasteiger partial charge in [0, 0.05) is 30.3 Å². The van der Waals surface area contributed by atoms with E-state index in [4.69, 9.17) is 19.2 Å². The van der Waals surface area contributed by atoms with Crippen LogP contribution in [0.25, 0.3) is 33.4 Å². The molecule has 0 atom stereocenters. The van der Waals surface area contributed by atoms with Gasteiger partial charge in [-0.2, -0.15) is 0 Å². The molecule has 36 heavy (non-hydrogen) atoms. The third-order valence-corrected chi connectivity index (χ3v) is 5.44. The Morgan fingerprint density at radius 1 is 0.806 bits per heavy atom. The maximum atomic E-state index is 11.1. The Labute approximate surface area is 210 Å². The van der Waals surface area contributed by atoms with Gasteiger partial charge in [-0.05, 0) is 29.8 Å². The van der Waals surface area contributed by atoms with Crippen molar-refractivity contribution in [3.05, 3.63) is 73.1 Å². The fourth-order valence-electron chi connectivity index (χ4n) is 3.55. The summed E-state index contributed by atoms with van der Waals surface area (Å²) in [4.78, 5) is 24.8. The van der Waals surface area contributed by atoms with Gasteiger partial charge in [-0.1, -0.05) is 43.3 Å². The van der Waals surface area contributed by atoms with E-state index >= 15 is 0 Å². The number of nitrogens with one attached hydrogen (secondary N) is 1. The van der Waals surface area contributed by atoms with Gasteiger partial charge in [0.25, 0.3) is 0 Å². The number of ether oxygens (including phenoxy) is 3. The number of aromatic nitrogens is 3. The Balaban J connectivity index is 1.26. The molecule has 0 saturated heterocycles. The normalized spacial score (nSPS) is 10.9. The van der Waals surface area contributed by atoms with Gasteiger partial charge in [0.15, 0.2) is 0 Å². The largest absolute Gasteiger partial charge is 0.475 e. The SMILES string of the molecule is CCC(=O)NCCOCCOCCOc1ncccc1-c1ccc(-c2cnc3ccccc3n2)cc1. The van der Waals surface area contributed by atoms with Crippen molar-refractivity contribution in [1.82, 2.24) is 20.3 Å². The van der Waals surface area contributed by atoms with E-state index in [2.05, 4.69) is 15.3 Å². The number of hydrogen-bond acceptors (Lipinski definition) is 7. The number of nitrogens with zero attached hydrogens (tertiary/aromatic N) is 3. The molecule has 0 aliphatic rings. The van der Waals surface area contributed by atoms with Crippen LogP contribution in [0, 0.1) is 0 Å². The summed E-state index contributed by atoms with van der Waals surface area (Å²) in [5.74, 6) is 0.582. The van der Waals surface area contributed by atoms with E-state index in [-0.39, 0.29) is 5.91 Å². The molecule has 4 rings (SSSR count). The van der Waals surface area contributed by atoms with E-state index < -0.39 is 0 Å². The summed E-state index contributed by atoms with van der Waals surface area (Å²) in [7, 11) is 0. The Morgan fingerprint density at radius 3 is 2.33 bits per heavy atom. The zero-order chi connectivity index (χ0) is 25.0. The van der Waals surface area contributed by atoms with Gasteiger partial charge < -0.3 is 19.5 Å². The number of hydrogen-bond donors (Lipinski definition) is 1. The summed E-state index contributed by atoms with van der Waals surface area (Å²) in [5, 5.41) is 2.76. The summed E-state index contributed by atoms with van der Waals surface area (Å²) in [6, 6.07) is 19.8. The molecular formula is C28H30N4O4. The second-order valence-electron chi connectivity index (χ2n) is 7.95. The van der Waals surface area contributed by atoms with Crippen LogP contribution in [0.2, 0.25) is 0 Å². The number of amides is 1. The Kier molecular flexibility index (Phi) is 9.30. The average molecular weight is 487 g/mol. The predicted octanol–water partition coefficient (Wildman–Crippen LogP) is 4.30. The molecule has 2 aromatic heterocycles. The first kappa shape index (κ1) is 25.2. The highest BCUT2D eigenvalue weighted by Crippen LogP contribution is 2.29. The maximum Gasteiger partial charge on any atom is 0.221 e. The number of fused-ring (bicyclic) bond motifs is 1. The third-order valence-electron chi connectivity index (χ3n) is 5.44. The Hall–Kier alpha value is -3.88. The van der Waals surface area contributed by atoms with Crippen LogP contribution < -0.4 is 10.1 Å². The molecule has 2 heterocycles. The van der Waals surface area contributed by atoms with Crippen molar-refractivity contribution in [2.45, 2.75) is 13.3 Å². The fourth-order valence-corrected chi connectivity index (χ4v) is 3.55. The van der Waals surface area contributed by atoms with E-state index in [9.17, 15) is 4.79 Å². The minimum atomic E-state index is 0.0241. The van der Waals surface area contributed by atoms with Crippen LogP contribution in [-0.4, -0.2) is 60.4 Å². The van der Waals surface area contributed by atoms with Crippen LogP contribution in [0.1, 0.15) is 13.3 Å². The monoisotopic (exact) mass is 486 g/mol. The topological polar surface area (TPSA) is 95.5 Å². The van der Waals surface area contributed by atoms with Crippen LogP contribution in [0.5, 0.6) is 5.88 Å². The molecule has 0 fully saturated rings. The predicted molar refractivity (Wildman–Crippen MR) is 139 cm³/mol. The molecule has 1 amide bonds. The van der Waals surface area contributed by atoms with Crippen LogP contribution in [0.4, 0.5) is 0 Å². The minimum Gasteiger partial charge on any atom is -0.475 e. The lowest BCUT2D eigenvalue weighted by molar-refractivity contribution is -0.121. The van der Waals surface area contributed by atoms with Crippen LogP contribution >= 0.6 is 0 Å². The molecule has 4 aromatic rings. The van der Waals surface area contributed by atoms with Crippen LogP contribution in [0.3, 0.4) is 0 Å². The van der Waals surface area contributed by atoms with Gasteiger partial charge in [0.2, 0.25) is 11.8 Å². The van der Waals surface area contributed by atoms with Crippen molar-refractivity contribution in [3.8, 4) is 28.3 Å². The average Bonchev–Trinajstić information content (AvgIpc) is 2.94. The molecule has 8 nitrogen and oxygen atoms in total. The van der Waals surface area contributed by atoms with Gasteiger partial charge in [-0.15, -0.1) is 0 Å². The molecule has 0 aliphatic heterocycles. The van der Waals surface area contributed by atoms with Crippen molar-refractivity contribution in [2.24, 2.45) is 0 Å².